The zero-order valence-electron chi connectivity index (χ0n) is 14.8. The lowest BCUT2D eigenvalue weighted by Crippen LogP contribution is -2.08. The second-order valence-electron chi connectivity index (χ2n) is 5.11. The maximum atomic E-state index is 12.2. The van der Waals surface area contributed by atoms with Gasteiger partial charge >= 0.3 is 5.97 Å². The molecule has 2 rings (SSSR count). The summed E-state index contributed by atoms with van der Waals surface area (Å²) in [5.74, 6) is 0.218. The Labute approximate surface area is 147 Å². The summed E-state index contributed by atoms with van der Waals surface area (Å²) < 4.78 is 15.8. The first-order chi connectivity index (χ1) is 12.1. The number of carbonyl (C=O) groups is 1. The molecule has 5 nitrogen and oxygen atoms in total. The van der Waals surface area contributed by atoms with E-state index in [1.807, 2.05) is 43.4 Å². The molecule has 25 heavy (non-hydrogen) atoms. The summed E-state index contributed by atoms with van der Waals surface area (Å²) in [5, 5.41) is 1.44. The molecule has 130 valence electrons. The molecule has 0 aliphatic heterocycles. The third-order valence-corrected chi connectivity index (χ3v) is 3.67. The molecule has 1 heterocycles. The molecule has 0 radical (unpaired) electrons. The Hall–Kier alpha value is -3.08. The Bertz CT molecular complexity index is 866. The number of hydrogen-bond acceptors (Lipinski definition) is 5. The van der Waals surface area contributed by atoms with E-state index in [4.69, 9.17) is 14.2 Å². The summed E-state index contributed by atoms with van der Waals surface area (Å²) in [6, 6.07) is 3.74. The molecule has 0 aliphatic rings. The number of esters is 1. The number of aromatic nitrogens is 1. The molecule has 0 bridgehead atoms. The van der Waals surface area contributed by atoms with Gasteiger partial charge in [-0.3, -0.25) is 0 Å². The molecule has 5 heteroatoms. The van der Waals surface area contributed by atoms with Crippen molar-refractivity contribution in [3.05, 3.63) is 53.8 Å². The number of carbonyl (C=O) groups excluding carboxylic acids is 1. The van der Waals surface area contributed by atoms with Gasteiger partial charge in [-0.05, 0) is 36.1 Å². The fourth-order valence-electron chi connectivity index (χ4n) is 2.57. The van der Waals surface area contributed by atoms with Gasteiger partial charge < -0.3 is 14.2 Å². The van der Waals surface area contributed by atoms with Crippen molar-refractivity contribution in [3.8, 4) is 11.6 Å². The Morgan fingerprint density at radius 1 is 1.16 bits per heavy atom. The quantitative estimate of drug-likeness (QED) is 0.581. The smallest absolute Gasteiger partial charge is 0.342 e. The molecule has 0 unspecified atom stereocenters. The van der Waals surface area contributed by atoms with Gasteiger partial charge in [0.15, 0.2) is 0 Å². The minimum atomic E-state index is -0.507. The summed E-state index contributed by atoms with van der Waals surface area (Å²) in [5.41, 5.74) is 1.64. The molecule has 0 spiro atoms. The zero-order chi connectivity index (χ0) is 18.4. The van der Waals surface area contributed by atoms with Gasteiger partial charge in [-0.15, -0.1) is 0 Å². The summed E-state index contributed by atoms with van der Waals surface area (Å²) in [6.45, 7) is 5.72. The van der Waals surface area contributed by atoms with Gasteiger partial charge in [0.05, 0.1) is 32.4 Å². The molecule has 0 N–H and O–H groups in total. The number of rotatable bonds is 6. The van der Waals surface area contributed by atoms with Gasteiger partial charge in [0.1, 0.15) is 11.3 Å². The van der Waals surface area contributed by atoms with Crippen LogP contribution in [-0.4, -0.2) is 32.3 Å². The van der Waals surface area contributed by atoms with E-state index >= 15 is 0 Å². The van der Waals surface area contributed by atoms with E-state index in [0.29, 0.717) is 28.1 Å². The van der Waals surface area contributed by atoms with Crippen LogP contribution in [-0.2, 0) is 4.74 Å². The first-order valence-corrected chi connectivity index (χ1v) is 7.71. The van der Waals surface area contributed by atoms with Gasteiger partial charge in [0.25, 0.3) is 0 Å². The van der Waals surface area contributed by atoms with E-state index in [0.717, 1.165) is 11.1 Å². The van der Waals surface area contributed by atoms with Crippen LogP contribution in [0.15, 0.2) is 36.9 Å². The highest BCUT2D eigenvalue weighted by molar-refractivity contribution is 6.06. The number of allylic oxidation sites excluding steroid dienone is 3. The Balaban J connectivity index is 2.87. The highest BCUT2D eigenvalue weighted by Gasteiger charge is 2.23. The molecule has 0 fully saturated rings. The van der Waals surface area contributed by atoms with Crippen molar-refractivity contribution >= 4 is 28.9 Å². The molecule has 0 aliphatic carbocycles. The van der Waals surface area contributed by atoms with E-state index < -0.39 is 5.97 Å². The SMILES string of the molecule is C=Cc1cc2cc(/C=C/C=C/C)nc(OC)c2c(OC)c1C(=O)OC. The molecule has 1 aromatic carbocycles. The van der Waals surface area contributed by atoms with Crippen molar-refractivity contribution in [2.45, 2.75) is 6.92 Å². The molecule has 0 amide bonds. The number of ether oxygens (including phenoxy) is 3. The Kier molecular flexibility index (Phi) is 5.95. The number of hydrogen-bond donors (Lipinski definition) is 0. The van der Waals surface area contributed by atoms with Crippen LogP contribution >= 0.6 is 0 Å². The van der Waals surface area contributed by atoms with Crippen molar-refractivity contribution < 1.29 is 19.0 Å². The van der Waals surface area contributed by atoms with E-state index in [1.165, 1.54) is 21.3 Å². The van der Waals surface area contributed by atoms with E-state index in [1.54, 1.807) is 6.08 Å². The van der Waals surface area contributed by atoms with Crippen molar-refractivity contribution in [2.75, 3.05) is 21.3 Å². The monoisotopic (exact) mass is 339 g/mol. The maximum absolute atomic E-state index is 12.2. The first-order valence-electron chi connectivity index (χ1n) is 7.71. The lowest BCUT2D eigenvalue weighted by Gasteiger charge is -2.16. The largest absolute Gasteiger partial charge is 0.495 e. The van der Waals surface area contributed by atoms with Crippen LogP contribution in [0.2, 0.25) is 0 Å². The molecular weight excluding hydrogens is 318 g/mol. The van der Waals surface area contributed by atoms with Gasteiger partial charge in [-0.1, -0.05) is 30.9 Å². The molecular formula is C20H21NO4. The minimum absolute atomic E-state index is 0.296. The fourth-order valence-corrected chi connectivity index (χ4v) is 2.57. The predicted molar refractivity (Wildman–Crippen MR) is 100 cm³/mol. The van der Waals surface area contributed by atoms with Gasteiger partial charge in [-0.2, -0.15) is 0 Å². The van der Waals surface area contributed by atoms with Crippen LogP contribution in [0, 0.1) is 0 Å². The molecule has 0 saturated heterocycles. The first kappa shape index (κ1) is 18.3. The fraction of sp³-hybridized carbons (Fsp3) is 0.200. The van der Waals surface area contributed by atoms with Crippen molar-refractivity contribution in [2.24, 2.45) is 0 Å². The summed E-state index contributed by atoms with van der Waals surface area (Å²) in [6.07, 6.45) is 9.19. The Morgan fingerprint density at radius 2 is 1.92 bits per heavy atom. The third-order valence-electron chi connectivity index (χ3n) is 3.67. The number of fused-ring (bicyclic) bond motifs is 1. The van der Waals surface area contributed by atoms with Crippen LogP contribution in [0.3, 0.4) is 0 Å². The van der Waals surface area contributed by atoms with Gasteiger partial charge in [0, 0.05) is 0 Å². The summed E-state index contributed by atoms with van der Waals surface area (Å²) >= 11 is 0. The van der Waals surface area contributed by atoms with Gasteiger partial charge in [0.2, 0.25) is 5.88 Å². The lowest BCUT2D eigenvalue weighted by atomic mass is 9.99. The maximum Gasteiger partial charge on any atom is 0.342 e. The van der Waals surface area contributed by atoms with Crippen LogP contribution in [0.25, 0.3) is 22.9 Å². The average molecular weight is 339 g/mol. The highest BCUT2D eigenvalue weighted by atomic mass is 16.5. The summed E-state index contributed by atoms with van der Waals surface area (Å²) in [4.78, 5) is 16.7. The molecule has 2 aromatic rings. The third kappa shape index (κ3) is 3.55. The topological polar surface area (TPSA) is 57.7 Å². The number of benzene rings is 1. The van der Waals surface area contributed by atoms with Crippen molar-refractivity contribution in [3.63, 3.8) is 0 Å². The minimum Gasteiger partial charge on any atom is -0.495 e. The standard InChI is InChI=1S/C20H21NO4/c1-6-8-9-10-15-12-14-11-13(7-2)17(20(22)25-5)18(23-3)16(14)19(21-15)24-4/h6-12H,2H2,1,3-5H3/b8-6+,10-9+. The van der Waals surface area contributed by atoms with Crippen molar-refractivity contribution in [1.29, 1.82) is 0 Å². The van der Waals surface area contributed by atoms with Crippen LogP contribution in [0.4, 0.5) is 0 Å². The number of nitrogens with zero attached hydrogens (tertiary/aromatic N) is 1. The van der Waals surface area contributed by atoms with Crippen LogP contribution < -0.4 is 9.47 Å². The molecule has 0 atom stereocenters. The van der Waals surface area contributed by atoms with Crippen LogP contribution in [0.5, 0.6) is 11.6 Å². The second kappa shape index (κ2) is 8.15. The average Bonchev–Trinajstić information content (AvgIpc) is 2.65. The van der Waals surface area contributed by atoms with E-state index in [2.05, 4.69) is 11.6 Å². The lowest BCUT2D eigenvalue weighted by molar-refractivity contribution is 0.0597. The van der Waals surface area contributed by atoms with E-state index in [9.17, 15) is 4.79 Å². The second-order valence-corrected chi connectivity index (χ2v) is 5.11. The van der Waals surface area contributed by atoms with Crippen molar-refractivity contribution in [1.82, 2.24) is 4.98 Å². The number of methoxy groups -OCH3 is 3. The number of pyridine rings is 1. The predicted octanol–water partition coefficient (Wildman–Crippen LogP) is 4.27. The Morgan fingerprint density at radius 3 is 2.48 bits per heavy atom. The van der Waals surface area contributed by atoms with Crippen LogP contribution in [0.1, 0.15) is 28.5 Å². The molecule has 0 saturated carbocycles. The van der Waals surface area contributed by atoms with Gasteiger partial charge in [-0.25, -0.2) is 9.78 Å². The molecule has 1 aromatic heterocycles. The van der Waals surface area contributed by atoms with E-state index in [-0.39, 0.29) is 0 Å². The summed E-state index contributed by atoms with van der Waals surface area (Å²) in [7, 11) is 4.34. The normalized spacial score (nSPS) is 11.2. The highest BCUT2D eigenvalue weighted by Crippen LogP contribution is 2.39. The zero-order valence-corrected chi connectivity index (χ0v) is 14.8.